The Morgan fingerprint density at radius 1 is 0.750 bits per heavy atom. The van der Waals surface area contributed by atoms with E-state index >= 15 is 0 Å². The number of fused-ring (bicyclic) bond motifs is 7. The van der Waals surface area contributed by atoms with Crippen LogP contribution in [-0.4, -0.2) is 21.8 Å². The summed E-state index contributed by atoms with van der Waals surface area (Å²) < 4.78 is 18.5. The van der Waals surface area contributed by atoms with Gasteiger partial charge in [-0.3, -0.25) is 0 Å². The predicted molar refractivity (Wildman–Crippen MR) is 111 cm³/mol. The molecule has 134 valence electrons. The molecular formula is C23H20AlLiO3. The molecule has 28 heavy (non-hydrogen) atoms. The van der Waals surface area contributed by atoms with Gasteiger partial charge in [-0.25, -0.2) is 0 Å². The molecule has 0 amide bonds. The molecule has 1 heterocycles. The molecule has 0 unspecified atom stereocenters. The third kappa shape index (κ3) is 3.33. The summed E-state index contributed by atoms with van der Waals surface area (Å²) >= 11 is -2.32. The number of hydrogen-bond acceptors (Lipinski definition) is 3. The van der Waals surface area contributed by atoms with E-state index in [4.69, 9.17) is 11.4 Å². The monoisotopic (exact) mass is 378 g/mol. The van der Waals surface area contributed by atoms with Crippen molar-refractivity contribution in [3.8, 4) is 22.6 Å². The Kier molecular flexibility index (Phi) is 5.70. The van der Waals surface area contributed by atoms with Crippen LogP contribution < -0.4 is 26.4 Å². The van der Waals surface area contributed by atoms with Crippen LogP contribution in [0.1, 0.15) is 14.8 Å². The van der Waals surface area contributed by atoms with E-state index in [-0.39, 0.29) is 20.3 Å². The first-order chi connectivity index (χ1) is 13.3. The minimum atomic E-state index is -2.32. The molecule has 0 N–H and O–H groups in total. The Balaban J connectivity index is 0.00000120. The Labute approximate surface area is 183 Å². The van der Waals surface area contributed by atoms with Gasteiger partial charge in [0.15, 0.2) is 0 Å². The minimum absolute atomic E-state index is 0. The first kappa shape index (κ1) is 19.4. The standard InChI is InChI=1S/C20H14O2.C3H7O.Al.Li.H/c21-17-11-9-13-5-1-3-7-15(13)19(17)20-16-8-4-2-6-14(16)10-12-18(20)22;1-2-3-4;;;/h1-12,21-22H;2-3H2,1H3;;;/q;-1;+3;+1;-1/p-2. The molecule has 4 aromatic carbocycles. The quantitative estimate of drug-likeness (QED) is 0.513. The maximum atomic E-state index is 6.29. The van der Waals surface area contributed by atoms with Crippen molar-refractivity contribution in [2.75, 3.05) is 6.61 Å². The van der Waals surface area contributed by atoms with Crippen molar-refractivity contribution in [3.63, 3.8) is 0 Å². The van der Waals surface area contributed by atoms with Gasteiger partial charge in [0.05, 0.1) is 11.5 Å². The van der Waals surface area contributed by atoms with Crippen molar-refractivity contribution in [2.24, 2.45) is 0 Å². The molecule has 1 aliphatic heterocycles. The Morgan fingerprint density at radius 2 is 1.25 bits per heavy atom. The van der Waals surface area contributed by atoms with Crippen molar-refractivity contribution in [1.29, 1.82) is 0 Å². The summed E-state index contributed by atoms with van der Waals surface area (Å²) in [4.78, 5) is 0. The van der Waals surface area contributed by atoms with Crippen LogP contribution in [0.2, 0.25) is 0 Å². The number of hydrogen-bond donors (Lipinski definition) is 0. The molecule has 0 atom stereocenters. The summed E-state index contributed by atoms with van der Waals surface area (Å²) in [6.45, 7) is 2.73. The van der Waals surface area contributed by atoms with E-state index in [1.54, 1.807) is 0 Å². The molecule has 0 aliphatic carbocycles. The first-order valence-electron chi connectivity index (χ1n) is 9.34. The van der Waals surface area contributed by atoms with E-state index in [9.17, 15) is 0 Å². The zero-order valence-corrected chi connectivity index (χ0v) is 17.3. The largest absolute Gasteiger partial charge is 1.10 e. The number of benzene rings is 4. The molecule has 0 saturated heterocycles. The fourth-order valence-electron chi connectivity index (χ4n) is 3.73. The first-order valence-corrected chi connectivity index (χ1v) is 10.8. The van der Waals surface area contributed by atoms with Crippen LogP contribution in [-0.2, 0) is 3.79 Å². The summed E-state index contributed by atoms with van der Waals surface area (Å²) in [6, 6.07) is 25.2. The molecule has 0 aromatic heterocycles. The van der Waals surface area contributed by atoms with E-state index in [2.05, 4.69) is 67.6 Å². The van der Waals surface area contributed by atoms with Gasteiger partial charge in [-0.15, -0.1) is 0 Å². The van der Waals surface area contributed by atoms with Crippen molar-refractivity contribution >= 4 is 36.7 Å². The van der Waals surface area contributed by atoms with Crippen molar-refractivity contribution in [3.05, 3.63) is 72.8 Å². The zero-order chi connectivity index (χ0) is 18.2. The second kappa shape index (κ2) is 8.22. The topological polar surface area (TPSA) is 27.7 Å². The van der Waals surface area contributed by atoms with Crippen molar-refractivity contribution in [1.82, 2.24) is 0 Å². The van der Waals surface area contributed by atoms with Crippen LogP contribution in [0.15, 0.2) is 72.8 Å². The van der Waals surface area contributed by atoms with Gasteiger partial charge >= 0.3 is 34.0 Å². The summed E-state index contributed by atoms with van der Waals surface area (Å²) in [6.07, 6.45) is 0.936. The van der Waals surface area contributed by atoms with Gasteiger partial charge in [0.2, 0.25) is 0 Å². The van der Waals surface area contributed by atoms with Crippen LogP contribution in [0.4, 0.5) is 0 Å². The summed E-state index contributed by atoms with van der Waals surface area (Å²) in [5.74, 6) is 1.69. The van der Waals surface area contributed by atoms with Gasteiger partial charge in [-0.1, -0.05) is 67.6 Å². The van der Waals surface area contributed by atoms with Crippen LogP contribution in [0.5, 0.6) is 11.5 Å². The molecule has 0 bridgehead atoms. The average Bonchev–Trinajstić information content (AvgIpc) is 2.88. The fourth-order valence-corrected chi connectivity index (χ4v) is 5.15. The third-order valence-electron chi connectivity index (χ3n) is 4.94. The summed E-state index contributed by atoms with van der Waals surface area (Å²) in [7, 11) is 0. The van der Waals surface area contributed by atoms with Crippen LogP contribution in [0, 0.1) is 0 Å². The maximum Gasteiger partial charge on any atom is 1.10 e. The SMILES string of the molecule is CCC[O][Al]1[O]c2ccc3ccccc3c2-c2c(ccc3ccccc23)[O]1.[H-].[Li+]. The number of rotatable bonds is 3. The van der Waals surface area contributed by atoms with Crippen LogP contribution >= 0.6 is 0 Å². The fraction of sp³-hybridized carbons (Fsp3) is 0.130. The molecule has 0 saturated carbocycles. The predicted octanol–water partition coefficient (Wildman–Crippen LogP) is 2.96. The molecule has 4 aromatic rings. The van der Waals surface area contributed by atoms with Crippen molar-refractivity contribution in [2.45, 2.75) is 13.3 Å². The molecular weight excluding hydrogens is 358 g/mol. The molecule has 5 rings (SSSR count). The Morgan fingerprint density at radius 3 is 1.75 bits per heavy atom. The Bertz CT molecular complexity index is 1060. The average molecular weight is 378 g/mol. The Hall–Kier alpha value is -1.91. The maximum absolute atomic E-state index is 6.29. The van der Waals surface area contributed by atoms with E-state index < -0.39 is 15.1 Å². The second-order valence-corrected chi connectivity index (χ2v) is 8.10. The molecule has 0 radical (unpaired) electrons. The van der Waals surface area contributed by atoms with Crippen LogP contribution in [0.25, 0.3) is 32.7 Å². The minimum Gasteiger partial charge on any atom is -1.00 e. The molecule has 5 heteroatoms. The van der Waals surface area contributed by atoms with Crippen molar-refractivity contribution < 1.29 is 31.7 Å². The second-order valence-electron chi connectivity index (χ2n) is 6.71. The van der Waals surface area contributed by atoms with E-state index in [1.165, 1.54) is 21.5 Å². The molecule has 0 fully saturated rings. The molecule has 0 spiro atoms. The van der Waals surface area contributed by atoms with Crippen LogP contribution in [0.3, 0.4) is 0 Å². The summed E-state index contributed by atoms with van der Waals surface area (Å²) in [5.41, 5.74) is 2.19. The smallest absolute Gasteiger partial charge is 1.00 e. The van der Waals surface area contributed by atoms with E-state index in [1.807, 2.05) is 12.1 Å². The summed E-state index contributed by atoms with van der Waals surface area (Å²) in [5, 5.41) is 4.71. The normalized spacial score (nSPS) is 12.4. The molecule has 3 nitrogen and oxygen atoms in total. The van der Waals surface area contributed by atoms with Gasteiger partial charge in [-0.05, 0) is 40.1 Å². The van der Waals surface area contributed by atoms with Gasteiger partial charge in [0.25, 0.3) is 0 Å². The van der Waals surface area contributed by atoms with E-state index in [0.29, 0.717) is 6.61 Å². The zero-order valence-electron chi connectivity index (χ0n) is 17.1. The third-order valence-corrected chi connectivity index (χ3v) is 6.34. The van der Waals surface area contributed by atoms with Gasteiger partial charge in [0, 0.05) is 17.7 Å². The van der Waals surface area contributed by atoms with Gasteiger partial charge in [0.1, 0.15) is 0 Å². The molecule has 1 aliphatic rings. The van der Waals surface area contributed by atoms with Gasteiger partial charge in [-0.2, -0.15) is 0 Å². The van der Waals surface area contributed by atoms with E-state index in [0.717, 1.165) is 29.0 Å². The van der Waals surface area contributed by atoms with Gasteiger partial charge < -0.3 is 12.8 Å².